The zero-order valence-corrected chi connectivity index (χ0v) is 21.2. The first-order valence-corrected chi connectivity index (χ1v) is 13.6. The molecule has 9 heteroatoms. The second-order valence-electron chi connectivity index (χ2n) is 9.78. The molecule has 0 saturated carbocycles. The van der Waals surface area contributed by atoms with Gasteiger partial charge in [-0.2, -0.15) is 5.10 Å². The number of hydrogen-bond acceptors (Lipinski definition) is 6. The van der Waals surface area contributed by atoms with Gasteiger partial charge in [0.2, 0.25) is 0 Å². The largest absolute Gasteiger partial charge is 0.376 e. The van der Waals surface area contributed by atoms with Gasteiger partial charge in [0.15, 0.2) is 15.6 Å². The third kappa shape index (κ3) is 5.10. The summed E-state index contributed by atoms with van der Waals surface area (Å²) in [6.45, 7) is 10.5. The molecule has 2 aliphatic heterocycles. The van der Waals surface area contributed by atoms with Gasteiger partial charge in [-0.25, -0.2) is 8.42 Å². The highest BCUT2D eigenvalue weighted by atomic mass is 32.2. The number of ether oxygens (including phenoxy) is 1. The molecule has 2 aliphatic rings. The van der Waals surface area contributed by atoms with Gasteiger partial charge in [0.1, 0.15) is 0 Å². The summed E-state index contributed by atoms with van der Waals surface area (Å²) < 4.78 is 33.7. The maximum absolute atomic E-state index is 13.2. The first-order chi connectivity index (χ1) is 15.6. The van der Waals surface area contributed by atoms with E-state index in [1.807, 2.05) is 50.4 Å². The third-order valence-electron chi connectivity index (χ3n) is 7.15. The summed E-state index contributed by atoms with van der Waals surface area (Å²) in [5.74, 6) is 0.490. The van der Waals surface area contributed by atoms with Crippen molar-refractivity contribution >= 4 is 15.6 Å². The molecular weight excluding hydrogens is 440 g/mol. The number of likely N-dealkylation sites (N-methyl/N-ethyl adjacent to an activating group) is 1. The number of hydrogen-bond donors (Lipinski definition) is 0. The highest BCUT2D eigenvalue weighted by Gasteiger charge is 2.31. The summed E-state index contributed by atoms with van der Waals surface area (Å²) in [6.07, 6.45) is 3.02. The van der Waals surface area contributed by atoms with Crippen molar-refractivity contribution in [1.82, 2.24) is 19.2 Å². The lowest BCUT2D eigenvalue weighted by Crippen LogP contribution is -2.26. The average molecular weight is 477 g/mol. The molecule has 0 aliphatic carbocycles. The van der Waals surface area contributed by atoms with E-state index in [2.05, 4.69) is 9.67 Å². The van der Waals surface area contributed by atoms with Crippen molar-refractivity contribution in [1.29, 1.82) is 0 Å². The fraction of sp³-hybridized carbons (Fsp3) is 0.667. The van der Waals surface area contributed by atoms with Gasteiger partial charge in [-0.1, -0.05) is 0 Å². The maximum Gasteiger partial charge on any atom is 0.178 e. The minimum atomic E-state index is -2.97. The molecule has 0 bridgehead atoms. The Morgan fingerprint density at radius 3 is 2.61 bits per heavy atom. The Bertz CT molecular complexity index is 1140. The van der Waals surface area contributed by atoms with E-state index in [-0.39, 0.29) is 29.4 Å². The van der Waals surface area contributed by atoms with E-state index in [9.17, 15) is 13.2 Å². The topological polar surface area (TPSA) is 86.4 Å². The van der Waals surface area contributed by atoms with E-state index in [4.69, 9.17) is 4.74 Å². The van der Waals surface area contributed by atoms with Crippen LogP contribution in [0.3, 0.4) is 0 Å². The summed E-state index contributed by atoms with van der Waals surface area (Å²) in [5.41, 5.74) is 5.82. The van der Waals surface area contributed by atoms with Crippen molar-refractivity contribution in [3.05, 3.63) is 40.0 Å². The first-order valence-electron chi connectivity index (χ1n) is 11.8. The Labute approximate surface area is 196 Å². The molecule has 0 amide bonds. The molecule has 2 atom stereocenters. The summed E-state index contributed by atoms with van der Waals surface area (Å²) >= 11 is 0. The summed E-state index contributed by atoms with van der Waals surface area (Å²) in [6, 6.07) is 1.90. The van der Waals surface area contributed by atoms with E-state index in [0.29, 0.717) is 19.5 Å². The van der Waals surface area contributed by atoms with Crippen LogP contribution in [0.15, 0.2) is 6.07 Å². The highest BCUT2D eigenvalue weighted by Crippen LogP contribution is 2.27. The third-order valence-corrected chi connectivity index (χ3v) is 8.91. The maximum atomic E-state index is 13.2. The quantitative estimate of drug-likeness (QED) is 0.545. The van der Waals surface area contributed by atoms with Crippen LogP contribution in [-0.2, 0) is 27.7 Å². The molecule has 0 radical (unpaired) electrons. The fourth-order valence-corrected chi connectivity index (χ4v) is 6.95. The number of nitrogens with zero attached hydrogens (tertiary/aromatic N) is 4. The molecule has 0 spiro atoms. The molecule has 8 nitrogen and oxygen atoms in total. The SMILES string of the molecule is Cc1nn([C@H]2CCS(=O)(=O)C2)c(C)c1CN(C)CC(=O)c1cc(C)n(C[C@H]2CCCO2)c1C. The minimum Gasteiger partial charge on any atom is -0.376 e. The lowest BCUT2D eigenvalue weighted by molar-refractivity contribution is 0.0931. The van der Waals surface area contributed by atoms with Crippen LogP contribution < -0.4 is 0 Å². The van der Waals surface area contributed by atoms with E-state index in [1.165, 1.54) is 0 Å². The zero-order valence-electron chi connectivity index (χ0n) is 20.4. The Morgan fingerprint density at radius 2 is 1.97 bits per heavy atom. The first kappa shape index (κ1) is 24.2. The molecule has 4 rings (SSSR count). The predicted molar refractivity (Wildman–Crippen MR) is 128 cm³/mol. The number of ketones is 1. The Balaban J connectivity index is 1.43. The van der Waals surface area contributed by atoms with Crippen molar-refractivity contribution in [3.63, 3.8) is 0 Å². The normalized spacial score (nSPS) is 22.5. The van der Waals surface area contributed by atoms with Crippen LogP contribution in [0, 0.1) is 27.7 Å². The monoisotopic (exact) mass is 476 g/mol. The minimum absolute atomic E-state index is 0.0939. The number of rotatable bonds is 8. The van der Waals surface area contributed by atoms with Crippen molar-refractivity contribution in [2.45, 2.75) is 72.2 Å². The second kappa shape index (κ2) is 9.35. The van der Waals surface area contributed by atoms with Gasteiger partial charge in [0.05, 0.1) is 35.9 Å². The summed E-state index contributed by atoms with van der Waals surface area (Å²) in [4.78, 5) is 15.2. The van der Waals surface area contributed by atoms with Crippen LogP contribution in [0.2, 0.25) is 0 Å². The van der Waals surface area contributed by atoms with E-state index < -0.39 is 9.84 Å². The molecule has 0 N–H and O–H groups in total. The Kier molecular flexibility index (Phi) is 6.85. The summed E-state index contributed by atoms with van der Waals surface area (Å²) in [7, 11) is -1.03. The predicted octanol–water partition coefficient (Wildman–Crippen LogP) is 2.77. The van der Waals surface area contributed by atoms with Crippen molar-refractivity contribution < 1.29 is 17.9 Å². The van der Waals surface area contributed by atoms with Crippen LogP contribution in [0.5, 0.6) is 0 Å². The Hall–Kier alpha value is -1.97. The highest BCUT2D eigenvalue weighted by molar-refractivity contribution is 7.91. The lowest BCUT2D eigenvalue weighted by atomic mass is 10.1. The molecule has 2 fully saturated rings. The van der Waals surface area contributed by atoms with Gasteiger partial charge in [0, 0.05) is 47.9 Å². The van der Waals surface area contributed by atoms with Crippen LogP contribution in [0.4, 0.5) is 0 Å². The van der Waals surface area contributed by atoms with Crippen LogP contribution in [-0.4, -0.2) is 71.3 Å². The molecule has 182 valence electrons. The van der Waals surface area contributed by atoms with Gasteiger partial charge < -0.3 is 9.30 Å². The van der Waals surface area contributed by atoms with Crippen LogP contribution in [0.25, 0.3) is 0 Å². The molecule has 2 saturated heterocycles. The van der Waals surface area contributed by atoms with Crippen LogP contribution in [0.1, 0.15) is 64.0 Å². The molecule has 2 aromatic heterocycles. The number of carbonyl (C=O) groups is 1. The van der Waals surface area contributed by atoms with E-state index in [0.717, 1.165) is 59.9 Å². The van der Waals surface area contributed by atoms with Crippen molar-refractivity contribution in [2.24, 2.45) is 0 Å². The number of Topliss-reactive ketones (excluding diaryl/α,β-unsaturated/α-hetero) is 1. The molecular formula is C24H36N4O4S. The number of sulfone groups is 1. The van der Waals surface area contributed by atoms with Gasteiger partial charge in [-0.3, -0.25) is 14.4 Å². The summed E-state index contributed by atoms with van der Waals surface area (Å²) in [5, 5.41) is 4.65. The molecule has 0 unspecified atom stereocenters. The smallest absolute Gasteiger partial charge is 0.178 e. The van der Waals surface area contributed by atoms with Crippen molar-refractivity contribution in [3.8, 4) is 0 Å². The number of aryl methyl sites for hydroxylation is 2. The van der Waals surface area contributed by atoms with Crippen LogP contribution >= 0.6 is 0 Å². The number of aromatic nitrogens is 3. The average Bonchev–Trinajstić information content (AvgIpc) is 3.50. The van der Waals surface area contributed by atoms with Gasteiger partial charge >= 0.3 is 0 Å². The lowest BCUT2D eigenvalue weighted by Gasteiger charge is -2.17. The molecule has 4 heterocycles. The molecule has 2 aromatic rings. The zero-order chi connectivity index (χ0) is 23.9. The number of carbonyl (C=O) groups excluding carboxylic acids is 1. The fourth-order valence-electron chi connectivity index (χ4n) is 5.26. The second-order valence-corrected chi connectivity index (χ2v) is 12.0. The molecule has 0 aromatic carbocycles. The molecule has 33 heavy (non-hydrogen) atoms. The van der Waals surface area contributed by atoms with E-state index in [1.54, 1.807) is 0 Å². The van der Waals surface area contributed by atoms with E-state index >= 15 is 0 Å². The standard InChI is InChI=1S/C24H36N4O4S/c1-16-11-22(18(3)27(16)12-21-7-6-9-32-21)24(29)14-26(5)13-23-17(2)25-28(19(23)4)20-8-10-33(30,31)15-20/h11,20-21H,6-10,12-15H2,1-5H3/t20-,21+/m0/s1. The van der Waals surface area contributed by atoms with Gasteiger partial charge in [-0.15, -0.1) is 0 Å². The van der Waals surface area contributed by atoms with Gasteiger partial charge in [0.25, 0.3) is 0 Å². The van der Waals surface area contributed by atoms with Crippen molar-refractivity contribution in [2.75, 3.05) is 31.7 Å². The Morgan fingerprint density at radius 1 is 1.21 bits per heavy atom. The van der Waals surface area contributed by atoms with Gasteiger partial charge in [-0.05, 0) is 60.1 Å².